The number of unbranched alkanes of at least 4 members (excludes halogenated alkanes) is 4. The maximum atomic E-state index is 11.2. The molecule has 2 amide bonds. The highest BCUT2D eigenvalue weighted by molar-refractivity contribution is 5.67. The lowest BCUT2D eigenvalue weighted by Crippen LogP contribution is -2.27. The molecule has 0 bridgehead atoms. The number of carbonyl (C=O) groups is 2. The molecule has 0 aliphatic rings. The van der Waals surface area contributed by atoms with Crippen LogP contribution in [-0.4, -0.2) is 38.0 Å². The zero-order valence-electron chi connectivity index (χ0n) is 13.6. The maximum Gasteiger partial charge on any atom is 0.407 e. The molecule has 0 aromatic heterocycles. The van der Waals surface area contributed by atoms with Crippen LogP contribution < -0.4 is 10.6 Å². The van der Waals surface area contributed by atoms with Gasteiger partial charge >= 0.3 is 12.2 Å². The number of hydrogen-bond acceptors (Lipinski definition) is 4. The number of alkyl carbamates (subject to hydrolysis) is 2. The lowest BCUT2D eigenvalue weighted by atomic mass is 10.2. The molecular weight excluding hydrogens is 272 g/mol. The van der Waals surface area contributed by atoms with Gasteiger partial charge in [-0.15, -0.1) is 0 Å². The van der Waals surface area contributed by atoms with Crippen LogP contribution in [0.25, 0.3) is 0 Å². The predicted molar refractivity (Wildman–Crippen MR) is 82.3 cm³/mol. The van der Waals surface area contributed by atoms with Crippen LogP contribution in [0.15, 0.2) is 0 Å². The van der Waals surface area contributed by atoms with Crippen LogP contribution in [0.1, 0.15) is 59.3 Å². The van der Waals surface area contributed by atoms with Gasteiger partial charge in [0, 0.05) is 13.1 Å². The Hall–Kier alpha value is -1.46. The quantitative estimate of drug-likeness (QED) is 0.575. The first-order valence-corrected chi connectivity index (χ1v) is 7.91. The third-order valence-corrected chi connectivity index (χ3v) is 2.72. The van der Waals surface area contributed by atoms with Crippen molar-refractivity contribution in [3.63, 3.8) is 0 Å². The number of rotatable bonds is 11. The summed E-state index contributed by atoms with van der Waals surface area (Å²) < 4.78 is 9.92. The van der Waals surface area contributed by atoms with Crippen LogP contribution in [0.4, 0.5) is 9.59 Å². The Morgan fingerprint density at radius 2 is 1.48 bits per heavy atom. The molecule has 0 rings (SSSR count). The first-order chi connectivity index (χ1) is 10.1. The van der Waals surface area contributed by atoms with Crippen LogP contribution in [-0.2, 0) is 9.47 Å². The minimum Gasteiger partial charge on any atom is -0.450 e. The zero-order valence-corrected chi connectivity index (χ0v) is 13.6. The number of ether oxygens (including phenoxy) is 2. The first-order valence-electron chi connectivity index (χ1n) is 7.91. The van der Waals surface area contributed by atoms with Crippen molar-refractivity contribution in [3.8, 4) is 0 Å². The fourth-order valence-electron chi connectivity index (χ4n) is 1.60. The van der Waals surface area contributed by atoms with Crippen molar-refractivity contribution >= 4 is 12.2 Å². The molecule has 0 fully saturated rings. The molecule has 2 N–H and O–H groups in total. The molecule has 0 radical (unpaired) electrons. The van der Waals surface area contributed by atoms with Crippen LogP contribution in [0.2, 0.25) is 0 Å². The van der Waals surface area contributed by atoms with E-state index in [0.29, 0.717) is 19.7 Å². The van der Waals surface area contributed by atoms with Crippen molar-refractivity contribution in [1.29, 1.82) is 0 Å². The second-order valence-electron chi connectivity index (χ2n) is 5.21. The summed E-state index contributed by atoms with van der Waals surface area (Å²) in [5, 5.41) is 5.42. The van der Waals surface area contributed by atoms with E-state index in [9.17, 15) is 9.59 Å². The smallest absolute Gasteiger partial charge is 0.407 e. The van der Waals surface area contributed by atoms with Gasteiger partial charge in [-0.2, -0.15) is 0 Å². The summed E-state index contributed by atoms with van der Waals surface area (Å²) in [6.07, 6.45) is 4.99. The normalized spacial score (nSPS) is 10.3. The lowest BCUT2D eigenvalue weighted by molar-refractivity contribution is 0.115. The second-order valence-corrected chi connectivity index (χ2v) is 5.21. The highest BCUT2D eigenvalue weighted by atomic mass is 16.6. The number of hydrogen-bond donors (Lipinski definition) is 2. The molecule has 0 aliphatic heterocycles. The molecule has 0 atom stereocenters. The van der Waals surface area contributed by atoms with Gasteiger partial charge < -0.3 is 20.1 Å². The van der Waals surface area contributed by atoms with Gasteiger partial charge in [-0.25, -0.2) is 9.59 Å². The topological polar surface area (TPSA) is 76.7 Å². The van der Waals surface area contributed by atoms with E-state index in [2.05, 4.69) is 17.6 Å². The molecule has 0 unspecified atom stereocenters. The summed E-state index contributed by atoms with van der Waals surface area (Å²) in [7, 11) is 0. The van der Waals surface area contributed by atoms with Gasteiger partial charge in [-0.1, -0.05) is 26.2 Å². The largest absolute Gasteiger partial charge is 0.450 e. The van der Waals surface area contributed by atoms with Crippen LogP contribution in [0.3, 0.4) is 0 Å². The van der Waals surface area contributed by atoms with E-state index in [0.717, 1.165) is 38.5 Å². The standard InChI is InChI=1S/C15H30N2O4/c1-4-5-12-20-14(18)16-10-8-6-7-9-11-17-15(19)21-13(2)3/h13H,4-12H2,1-3H3,(H,16,18)(H,17,19). The van der Waals surface area contributed by atoms with Crippen molar-refractivity contribution in [2.24, 2.45) is 0 Å². The van der Waals surface area contributed by atoms with Crippen LogP contribution >= 0.6 is 0 Å². The van der Waals surface area contributed by atoms with Crippen molar-refractivity contribution in [1.82, 2.24) is 10.6 Å². The van der Waals surface area contributed by atoms with Crippen LogP contribution in [0, 0.1) is 0 Å². The fourth-order valence-corrected chi connectivity index (χ4v) is 1.60. The predicted octanol–water partition coefficient (Wildman–Crippen LogP) is 3.21. The Labute approximate surface area is 127 Å². The molecule has 21 heavy (non-hydrogen) atoms. The van der Waals surface area contributed by atoms with E-state index in [1.807, 2.05) is 13.8 Å². The van der Waals surface area contributed by atoms with Crippen molar-refractivity contribution in [3.05, 3.63) is 0 Å². The van der Waals surface area contributed by atoms with Gasteiger partial charge in [0.1, 0.15) is 0 Å². The molecule has 6 nitrogen and oxygen atoms in total. The second kappa shape index (κ2) is 13.5. The fraction of sp³-hybridized carbons (Fsp3) is 0.867. The van der Waals surface area contributed by atoms with Gasteiger partial charge in [0.2, 0.25) is 0 Å². The molecule has 0 saturated carbocycles. The maximum absolute atomic E-state index is 11.2. The Balaban J connectivity index is 3.25. The Kier molecular flexibility index (Phi) is 12.6. The lowest BCUT2D eigenvalue weighted by Gasteiger charge is -2.09. The van der Waals surface area contributed by atoms with Gasteiger partial charge in [-0.3, -0.25) is 0 Å². The third-order valence-electron chi connectivity index (χ3n) is 2.72. The Bertz CT molecular complexity index is 283. The average Bonchev–Trinajstić information content (AvgIpc) is 2.41. The van der Waals surface area contributed by atoms with Crippen LogP contribution in [0.5, 0.6) is 0 Å². The summed E-state index contributed by atoms with van der Waals surface area (Å²) in [6.45, 7) is 7.44. The number of carbonyl (C=O) groups excluding carboxylic acids is 2. The van der Waals surface area contributed by atoms with E-state index in [1.54, 1.807) is 0 Å². The minimum atomic E-state index is -0.360. The third kappa shape index (κ3) is 14.8. The summed E-state index contributed by atoms with van der Waals surface area (Å²) in [5.74, 6) is 0. The molecule has 124 valence electrons. The molecule has 0 spiro atoms. The zero-order chi connectivity index (χ0) is 15.9. The van der Waals surface area contributed by atoms with E-state index < -0.39 is 0 Å². The molecule has 0 aromatic rings. The molecular formula is C15H30N2O4. The van der Waals surface area contributed by atoms with E-state index >= 15 is 0 Å². The molecule has 0 aromatic carbocycles. The van der Waals surface area contributed by atoms with Gasteiger partial charge in [-0.05, 0) is 33.1 Å². The van der Waals surface area contributed by atoms with Gasteiger partial charge in [0.15, 0.2) is 0 Å². The van der Waals surface area contributed by atoms with Crippen molar-refractivity contribution in [2.75, 3.05) is 19.7 Å². The highest BCUT2D eigenvalue weighted by Gasteiger charge is 2.03. The summed E-state index contributed by atoms with van der Waals surface area (Å²) >= 11 is 0. The van der Waals surface area contributed by atoms with Crippen molar-refractivity contribution in [2.45, 2.75) is 65.4 Å². The number of amides is 2. The van der Waals surface area contributed by atoms with E-state index in [-0.39, 0.29) is 18.3 Å². The van der Waals surface area contributed by atoms with Gasteiger partial charge in [0.25, 0.3) is 0 Å². The van der Waals surface area contributed by atoms with E-state index in [1.165, 1.54) is 0 Å². The van der Waals surface area contributed by atoms with Crippen molar-refractivity contribution < 1.29 is 19.1 Å². The Morgan fingerprint density at radius 1 is 0.905 bits per heavy atom. The molecule has 0 saturated heterocycles. The summed E-state index contributed by atoms with van der Waals surface area (Å²) in [6, 6.07) is 0. The van der Waals surface area contributed by atoms with Gasteiger partial charge in [0.05, 0.1) is 12.7 Å². The summed E-state index contributed by atoms with van der Waals surface area (Å²) in [5.41, 5.74) is 0. The van der Waals surface area contributed by atoms with E-state index in [4.69, 9.17) is 9.47 Å². The summed E-state index contributed by atoms with van der Waals surface area (Å²) in [4.78, 5) is 22.4. The minimum absolute atomic E-state index is 0.0897. The number of nitrogens with one attached hydrogen (secondary N) is 2. The average molecular weight is 302 g/mol. The molecule has 6 heteroatoms. The molecule has 0 heterocycles. The highest BCUT2D eigenvalue weighted by Crippen LogP contribution is 1.98. The Morgan fingerprint density at radius 3 is 2.00 bits per heavy atom. The molecule has 0 aliphatic carbocycles. The first kappa shape index (κ1) is 19.5. The monoisotopic (exact) mass is 302 g/mol. The SMILES string of the molecule is CCCCOC(=O)NCCCCCCNC(=O)OC(C)C.